The number of carbonyl (C=O) groups is 2. The molecule has 0 heterocycles. The van der Waals surface area contributed by atoms with Gasteiger partial charge in [-0.2, -0.15) is 0 Å². The number of hydrogen-bond acceptors (Lipinski definition) is 6. The molecule has 0 bridgehead atoms. The summed E-state index contributed by atoms with van der Waals surface area (Å²) in [5.74, 6) is -2.06. The number of nitrogens with zero attached hydrogens (tertiary/aromatic N) is 2. The standard InChI is InChI=1S/C26H32N2O6/c1-5-7-17-9-19(13-27(3)15-23(29)30)25(33)21(11-17)22-12-18(8-6-2)10-20(26(22)34)14-28(4)16-24(31)32/h5-6,9-12,33-34H,1-2,7-8,13-16H2,3-4H3,(H,29,30)(H,31,32). The molecule has 34 heavy (non-hydrogen) atoms. The van der Waals surface area contributed by atoms with Crippen LogP contribution in [0.1, 0.15) is 22.3 Å². The monoisotopic (exact) mass is 468 g/mol. The topological polar surface area (TPSA) is 122 Å². The second-order valence-corrected chi connectivity index (χ2v) is 8.42. The first-order valence-corrected chi connectivity index (χ1v) is 10.8. The highest BCUT2D eigenvalue weighted by Crippen LogP contribution is 2.41. The number of allylic oxidation sites excluding steroid dienone is 2. The van der Waals surface area contributed by atoms with E-state index >= 15 is 0 Å². The van der Waals surface area contributed by atoms with Crippen LogP contribution in [0.15, 0.2) is 49.6 Å². The number of phenolic OH excluding ortho intramolecular Hbond substituents is 2. The van der Waals surface area contributed by atoms with Crippen LogP contribution in [0.25, 0.3) is 11.1 Å². The van der Waals surface area contributed by atoms with Crippen molar-refractivity contribution in [3.05, 3.63) is 71.8 Å². The molecular formula is C26H32N2O6. The molecule has 0 fully saturated rings. The van der Waals surface area contributed by atoms with E-state index in [0.29, 0.717) is 35.1 Å². The van der Waals surface area contributed by atoms with Crippen molar-refractivity contribution in [1.82, 2.24) is 9.80 Å². The van der Waals surface area contributed by atoms with Crippen molar-refractivity contribution in [1.29, 1.82) is 0 Å². The lowest BCUT2D eigenvalue weighted by Crippen LogP contribution is -2.25. The lowest BCUT2D eigenvalue weighted by molar-refractivity contribution is -0.139. The maximum Gasteiger partial charge on any atom is 0.317 e. The predicted molar refractivity (Wildman–Crippen MR) is 131 cm³/mol. The summed E-state index contributed by atoms with van der Waals surface area (Å²) in [6, 6.07) is 7.14. The third kappa shape index (κ3) is 7.19. The number of carboxylic acid groups (broad SMARTS) is 2. The Balaban J connectivity index is 2.64. The van der Waals surface area contributed by atoms with Gasteiger partial charge in [-0.05, 0) is 50.2 Å². The minimum absolute atomic E-state index is 0.0547. The maximum atomic E-state index is 11.1. The number of hydrogen-bond donors (Lipinski definition) is 4. The number of aromatic hydroxyl groups is 2. The molecule has 0 atom stereocenters. The summed E-state index contributed by atoms with van der Waals surface area (Å²) < 4.78 is 0. The molecule has 2 aromatic carbocycles. The van der Waals surface area contributed by atoms with Gasteiger partial charge in [-0.1, -0.05) is 24.3 Å². The van der Waals surface area contributed by atoms with Crippen molar-refractivity contribution in [2.45, 2.75) is 25.9 Å². The van der Waals surface area contributed by atoms with Gasteiger partial charge in [-0.15, -0.1) is 13.2 Å². The lowest BCUT2D eigenvalue weighted by Gasteiger charge is -2.21. The third-order valence-corrected chi connectivity index (χ3v) is 5.24. The minimum atomic E-state index is -0.977. The maximum absolute atomic E-state index is 11.1. The van der Waals surface area contributed by atoms with Gasteiger partial charge in [0, 0.05) is 35.3 Å². The van der Waals surface area contributed by atoms with Gasteiger partial charge in [0.1, 0.15) is 11.5 Å². The first-order valence-electron chi connectivity index (χ1n) is 10.8. The second-order valence-electron chi connectivity index (χ2n) is 8.42. The van der Waals surface area contributed by atoms with Gasteiger partial charge in [-0.3, -0.25) is 19.4 Å². The van der Waals surface area contributed by atoms with E-state index in [4.69, 9.17) is 10.2 Å². The van der Waals surface area contributed by atoms with Crippen molar-refractivity contribution < 1.29 is 30.0 Å². The van der Waals surface area contributed by atoms with Crippen LogP contribution in [0, 0.1) is 0 Å². The number of rotatable bonds is 13. The Hall–Kier alpha value is -3.62. The zero-order valence-corrected chi connectivity index (χ0v) is 19.6. The van der Waals surface area contributed by atoms with Crippen molar-refractivity contribution in [3.63, 3.8) is 0 Å². The molecule has 8 heteroatoms. The third-order valence-electron chi connectivity index (χ3n) is 5.24. The van der Waals surface area contributed by atoms with Gasteiger partial charge < -0.3 is 20.4 Å². The van der Waals surface area contributed by atoms with Crippen LogP contribution >= 0.6 is 0 Å². The Labute approximate surface area is 199 Å². The molecule has 0 spiro atoms. The van der Waals surface area contributed by atoms with Gasteiger partial charge in [0.15, 0.2) is 0 Å². The molecule has 4 N–H and O–H groups in total. The molecule has 0 aliphatic heterocycles. The number of phenols is 2. The average Bonchev–Trinajstić information content (AvgIpc) is 2.72. The lowest BCUT2D eigenvalue weighted by atomic mass is 9.92. The Kier molecular flexibility index (Phi) is 9.41. The van der Waals surface area contributed by atoms with Crippen LogP contribution in [0.5, 0.6) is 11.5 Å². The summed E-state index contributed by atoms with van der Waals surface area (Å²) in [6.07, 6.45) is 4.48. The summed E-state index contributed by atoms with van der Waals surface area (Å²) in [5.41, 5.74) is 3.55. The fraction of sp³-hybridized carbons (Fsp3) is 0.308. The quantitative estimate of drug-likeness (QED) is 0.331. The molecule has 0 unspecified atom stereocenters. The van der Waals surface area contributed by atoms with Gasteiger partial charge >= 0.3 is 11.9 Å². The molecular weight excluding hydrogens is 436 g/mol. The molecule has 0 saturated carbocycles. The molecule has 0 amide bonds. The number of likely N-dealkylation sites (N-methyl/N-ethyl adjacent to an activating group) is 2. The first-order chi connectivity index (χ1) is 16.0. The molecule has 0 aromatic heterocycles. The van der Waals surface area contributed by atoms with Crippen LogP contribution in [0.3, 0.4) is 0 Å². The van der Waals surface area contributed by atoms with E-state index in [0.717, 1.165) is 11.1 Å². The zero-order valence-electron chi connectivity index (χ0n) is 19.6. The summed E-state index contributed by atoms with van der Waals surface area (Å²) in [7, 11) is 3.29. The molecule has 2 aromatic rings. The van der Waals surface area contributed by atoms with Crippen LogP contribution in [0.2, 0.25) is 0 Å². The molecule has 0 radical (unpaired) electrons. The SMILES string of the molecule is C=CCc1cc(CN(C)CC(=O)O)c(O)c(-c2cc(CC=C)cc(CN(C)CC(=O)O)c2O)c1. The van der Waals surface area contributed by atoms with Crippen molar-refractivity contribution in [2.75, 3.05) is 27.2 Å². The normalized spacial score (nSPS) is 11.1. The molecule has 0 saturated heterocycles. The van der Waals surface area contributed by atoms with Crippen molar-refractivity contribution in [3.8, 4) is 22.6 Å². The van der Waals surface area contributed by atoms with Gasteiger partial charge in [0.05, 0.1) is 13.1 Å². The summed E-state index contributed by atoms with van der Waals surface area (Å²) in [4.78, 5) is 25.3. The summed E-state index contributed by atoms with van der Waals surface area (Å²) >= 11 is 0. The van der Waals surface area contributed by atoms with Gasteiger partial charge in [0.2, 0.25) is 0 Å². The smallest absolute Gasteiger partial charge is 0.317 e. The van der Waals surface area contributed by atoms with Gasteiger partial charge in [-0.25, -0.2) is 0 Å². The number of aliphatic carboxylic acids is 2. The number of benzene rings is 2. The summed E-state index contributed by atoms with van der Waals surface area (Å²) in [5, 5.41) is 40.4. The average molecular weight is 469 g/mol. The van der Waals surface area contributed by atoms with Crippen LogP contribution in [0.4, 0.5) is 0 Å². The molecule has 182 valence electrons. The molecule has 8 nitrogen and oxygen atoms in total. The highest BCUT2D eigenvalue weighted by Gasteiger charge is 2.20. The van der Waals surface area contributed by atoms with E-state index in [1.165, 1.54) is 0 Å². The Morgan fingerprint density at radius 1 is 0.765 bits per heavy atom. The second kappa shape index (κ2) is 12.0. The van der Waals surface area contributed by atoms with E-state index in [1.54, 1.807) is 60.3 Å². The van der Waals surface area contributed by atoms with Gasteiger partial charge in [0.25, 0.3) is 0 Å². The van der Waals surface area contributed by atoms with E-state index < -0.39 is 11.9 Å². The van der Waals surface area contributed by atoms with E-state index in [2.05, 4.69) is 13.2 Å². The fourth-order valence-corrected chi connectivity index (χ4v) is 3.90. The van der Waals surface area contributed by atoms with E-state index in [-0.39, 0.29) is 37.7 Å². The minimum Gasteiger partial charge on any atom is -0.507 e. The Bertz CT molecular complexity index is 994. The van der Waals surface area contributed by atoms with Crippen LogP contribution < -0.4 is 0 Å². The zero-order chi connectivity index (χ0) is 25.4. The van der Waals surface area contributed by atoms with Crippen molar-refractivity contribution in [2.24, 2.45) is 0 Å². The Morgan fingerprint density at radius 2 is 1.12 bits per heavy atom. The fourth-order valence-electron chi connectivity index (χ4n) is 3.90. The van der Waals surface area contributed by atoms with Crippen molar-refractivity contribution >= 4 is 11.9 Å². The molecule has 0 aliphatic carbocycles. The predicted octanol–water partition coefficient (Wildman–Crippen LogP) is 3.25. The first kappa shape index (κ1) is 26.6. The summed E-state index contributed by atoms with van der Waals surface area (Å²) in [6.45, 7) is 7.54. The highest BCUT2D eigenvalue weighted by molar-refractivity contribution is 5.79. The molecule has 0 aliphatic rings. The van der Waals surface area contributed by atoms with E-state index in [9.17, 15) is 19.8 Å². The van der Waals surface area contributed by atoms with E-state index in [1.807, 2.05) is 0 Å². The van der Waals surface area contributed by atoms with Crippen LogP contribution in [-0.4, -0.2) is 69.3 Å². The van der Waals surface area contributed by atoms with Crippen LogP contribution in [-0.2, 0) is 35.5 Å². The molecule has 2 rings (SSSR count). The highest BCUT2D eigenvalue weighted by atomic mass is 16.4. The largest absolute Gasteiger partial charge is 0.507 e. The number of carboxylic acids is 2. The Morgan fingerprint density at radius 3 is 1.41 bits per heavy atom.